The van der Waals surface area contributed by atoms with Gasteiger partial charge in [0, 0.05) is 11.7 Å². The van der Waals surface area contributed by atoms with E-state index in [1.807, 2.05) is 19.9 Å². The molecule has 1 atom stereocenters. The van der Waals surface area contributed by atoms with Gasteiger partial charge in [-0.3, -0.25) is 4.79 Å². The fraction of sp³-hybridized carbons (Fsp3) is 0.611. The van der Waals surface area contributed by atoms with Crippen LogP contribution in [0, 0.1) is 5.92 Å². The Bertz CT molecular complexity index is 544. The molecule has 1 amide bonds. The molecule has 2 aliphatic rings. The van der Waals surface area contributed by atoms with Crippen LogP contribution in [0.3, 0.4) is 0 Å². The van der Waals surface area contributed by atoms with Crippen molar-refractivity contribution < 1.29 is 4.79 Å². The van der Waals surface area contributed by atoms with E-state index in [-0.39, 0.29) is 11.9 Å². The number of nitrogens with one attached hydrogen (secondary N) is 1. The maximum atomic E-state index is 12.0. The molecule has 3 rings (SSSR count). The highest BCUT2D eigenvalue weighted by atomic mass is 16.2. The summed E-state index contributed by atoms with van der Waals surface area (Å²) in [4.78, 5) is 12.0. The quantitative estimate of drug-likeness (QED) is 0.882. The number of nitrogens with two attached hydrogens (primary N) is 1. The van der Waals surface area contributed by atoms with Crippen LogP contribution < -0.4 is 11.1 Å². The molecule has 114 valence electrons. The minimum absolute atomic E-state index is 0.0779. The zero-order valence-corrected chi connectivity index (χ0v) is 13.1. The van der Waals surface area contributed by atoms with E-state index in [9.17, 15) is 4.79 Å². The van der Waals surface area contributed by atoms with Gasteiger partial charge in [-0.2, -0.15) is 0 Å². The number of carbonyl (C=O) groups is 1. The van der Waals surface area contributed by atoms with Crippen molar-refractivity contribution in [3.8, 4) is 0 Å². The first-order valence-electron chi connectivity index (χ1n) is 8.20. The Morgan fingerprint density at radius 3 is 2.76 bits per heavy atom. The van der Waals surface area contributed by atoms with E-state index < -0.39 is 5.41 Å². The summed E-state index contributed by atoms with van der Waals surface area (Å²) in [7, 11) is 0. The molecule has 1 fully saturated rings. The van der Waals surface area contributed by atoms with Crippen LogP contribution in [0.25, 0.3) is 0 Å². The van der Waals surface area contributed by atoms with Crippen molar-refractivity contribution in [3.63, 3.8) is 0 Å². The maximum absolute atomic E-state index is 12.0. The summed E-state index contributed by atoms with van der Waals surface area (Å²) in [5.74, 6) is 0.958. The van der Waals surface area contributed by atoms with Gasteiger partial charge in [-0.1, -0.05) is 37.8 Å². The highest BCUT2D eigenvalue weighted by Gasteiger charge is 2.38. The number of anilines is 1. The molecule has 1 aromatic rings. The van der Waals surface area contributed by atoms with E-state index in [4.69, 9.17) is 5.73 Å². The van der Waals surface area contributed by atoms with Crippen molar-refractivity contribution in [1.29, 1.82) is 0 Å². The van der Waals surface area contributed by atoms with E-state index in [0.29, 0.717) is 0 Å². The molecule has 3 nitrogen and oxygen atoms in total. The zero-order valence-electron chi connectivity index (χ0n) is 13.1. The highest BCUT2D eigenvalue weighted by Crippen LogP contribution is 2.39. The first kappa shape index (κ1) is 14.6. The van der Waals surface area contributed by atoms with E-state index in [1.54, 1.807) is 0 Å². The Kier molecular flexibility index (Phi) is 3.78. The average molecular weight is 286 g/mol. The smallest absolute Gasteiger partial charge is 0.234 e. The van der Waals surface area contributed by atoms with E-state index >= 15 is 0 Å². The van der Waals surface area contributed by atoms with Crippen LogP contribution in [0.4, 0.5) is 5.69 Å². The summed E-state index contributed by atoms with van der Waals surface area (Å²) < 4.78 is 0. The molecule has 0 radical (unpaired) electrons. The van der Waals surface area contributed by atoms with Crippen LogP contribution in [0.5, 0.6) is 0 Å². The lowest BCUT2D eigenvalue weighted by atomic mass is 9.84. The molecular formula is C18H26N2O. The standard InChI is InChI=1S/C18H26N2O/c1-18(2)14-11-13(8-10-16(14)20-17(18)21)15(19)9-7-12-5-3-4-6-12/h8,10-12,15H,3-7,9,19H2,1-2H3,(H,20,21). The first-order valence-corrected chi connectivity index (χ1v) is 8.20. The second kappa shape index (κ2) is 5.45. The number of hydrogen-bond donors (Lipinski definition) is 2. The van der Waals surface area contributed by atoms with Crippen molar-refractivity contribution in [2.75, 3.05) is 5.32 Å². The van der Waals surface area contributed by atoms with Crippen LogP contribution in [0.15, 0.2) is 18.2 Å². The normalized spacial score (nSPS) is 22.1. The van der Waals surface area contributed by atoms with Gasteiger partial charge in [-0.15, -0.1) is 0 Å². The van der Waals surface area contributed by atoms with Crippen molar-refractivity contribution in [1.82, 2.24) is 0 Å². The minimum atomic E-state index is -0.448. The number of carbonyl (C=O) groups excluding carboxylic acids is 1. The summed E-state index contributed by atoms with van der Waals surface area (Å²) in [5.41, 5.74) is 9.13. The van der Waals surface area contributed by atoms with E-state index in [0.717, 1.165) is 29.2 Å². The minimum Gasteiger partial charge on any atom is -0.325 e. The third-order valence-corrected chi connectivity index (χ3v) is 5.32. The van der Waals surface area contributed by atoms with Gasteiger partial charge in [-0.05, 0) is 49.8 Å². The fourth-order valence-electron chi connectivity index (χ4n) is 3.70. The van der Waals surface area contributed by atoms with Crippen LogP contribution >= 0.6 is 0 Å². The van der Waals surface area contributed by atoms with Gasteiger partial charge in [0.25, 0.3) is 0 Å². The number of rotatable bonds is 4. The maximum Gasteiger partial charge on any atom is 0.234 e. The number of hydrogen-bond acceptors (Lipinski definition) is 2. The Balaban J connectivity index is 1.71. The fourth-order valence-corrected chi connectivity index (χ4v) is 3.70. The summed E-state index contributed by atoms with van der Waals surface area (Å²) in [6.45, 7) is 3.95. The monoisotopic (exact) mass is 286 g/mol. The molecule has 0 spiro atoms. The van der Waals surface area contributed by atoms with E-state index in [1.165, 1.54) is 32.1 Å². The molecule has 1 aromatic carbocycles. The van der Waals surface area contributed by atoms with Crippen LogP contribution in [0.1, 0.15) is 69.5 Å². The van der Waals surface area contributed by atoms with Crippen molar-refractivity contribution in [2.24, 2.45) is 11.7 Å². The predicted octanol–water partition coefficient (Wildman–Crippen LogP) is 3.89. The second-order valence-electron chi connectivity index (χ2n) is 7.22. The molecule has 21 heavy (non-hydrogen) atoms. The van der Waals surface area contributed by atoms with Gasteiger partial charge in [0.1, 0.15) is 0 Å². The topological polar surface area (TPSA) is 55.1 Å². The molecular weight excluding hydrogens is 260 g/mol. The van der Waals surface area contributed by atoms with Gasteiger partial charge < -0.3 is 11.1 Å². The van der Waals surface area contributed by atoms with E-state index in [2.05, 4.69) is 17.4 Å². The largest absolute Gasteiger partial charge is 0.325 e. The summed E-state index contributed by atoms with van der Waals surface area (Å²) in [6, 6.07) is 6.29. The van der Waals surface area contributed by atoms with Gasteiger partial charge in [0.05, 0.1) is 5.41 Å². The summed E-state index contributed by atoms with van der Waals surface area (Å²) in [6.07, 6.45) is 7.82. The average Bonchev–Trinajstić information content (AvgIpc) is 3.04. The molecule has 1 aliphatic heterocycles. The van der Waals surface area contributed by atoms with Gasteiger partial charge in [-0.25, -0.2) is 0 Å². The molecule has 0 bridgehead atoms. The summed E-state index contributed by atoms with van der Waals surface area (Å²) >= 11 is 0. The van der Waals surface area contributed by atoms with Crippen LogP contribution in [0.2, 0.25) is 0 Å². The van der Waals surface area contributed by atoms with Crippen molar-refractivity contribution >= 4 is 11.6 Å². The van der Waals surface area contributed by atoms with Crippen molar-refractivity contribution in [3.05, 3.63) is 29.3 Å². The molecule has 3 N–H and O–H groups in total. The Hall–Kier alpha value is -1.35. The number of amides is 1. The molecule has 1 saturated carbocycles. The molecule has 0 saturated heterocycles. The lowest BCUT2D eigenvalue weighted by Gasteiger charge is -2.19. The molecule has 3 heteroatoms. The highest BCUT2D eigenvalue weighted by molar-refractivity contribution is 6.05. The first-order chi connectivity index (χ1) is 9.98. The number of benzene rings is 1. The Morgan fingerprint density at radius 1 is 1.33 bits per heavy atom. The summed E-state index contributed by atoms with van der Waals surface area (Å²) in [5, 5.41) is 2.95. The van der Waals surface area contributed by atoms with Gasteiger partial charge in [0.2, 0.25) is 5.91 Å². The van der Waals surface area contributed by atoms with Crippen LogP contribution in [-0.4, -0.2) is 5.91 Å². The zero-order chi connectivity index (χ0) is 15.0. The van der Waals surface area contributed by atoms with Crippen molar-refractivity contribution in [2.45, 2.75) is 63.8 Å². The number of fused-ring (bicyclic) bond motifs is 1. The Morgan fingerprint density at radius 2 is 2.05 bits per heavy atom. The molecule has 0 aromatic heterocycles. The molecule has 1 unspecified atom stereocenters. The third kappa shape index (κ3) is 2.71. The molecule has 1 aliphatic carbocycles. The second-order valence-corrected chi connectivity index (χ2v) is 7.22. The lowest BCUT2D eigenvalue weighted by Crippen LogP contribution is -2.27. The predicted molar refractivity (Wildman–Crippen MR) is 86.2 cm³/mol. The third-order valence-electron chi connectivity index (χ3n) is 5.32. The Labute approximate surface area is 127 Å². The SMILES string of the molecule is CC1(C)C(=O)Nc2ccc(C(N)CCC3CCCC3)cc21. The van der Waals surface area contributed by atoms with Gasteiger partial charge in [0.15, 0.2) is 0 Å². The lowest BCUT2D eigenvalue weighted by molar-refractivity contribution is -0.119. The van der Waals surface area contributed by atoms with Gasteiger partial charge >= 0.3 is 0 Å². The molecule has 1 heterocycles. The van der Waals surface area contributed by atoms with Crippen LogP contribution in [-0.2, 0) is 10.2 Å².